The Bertz CT molecular complexity index is 840. The molecular formula is C16H15BrFN5. The van der Waals surface area contributed by atoms with Gasteiger partial charge in [-0.25, -0.2) is 14.4 Å². The minimum atomic E-state index is -0.253. The van der Waals surface area contributed by atoms with E-state index in [4.69, 9.17) is 4.98 Å². The highest BCUT2D eigenvalue weighted by Gasteiger charge is 2.19. The molecule has 0 saturated carbocycles. The normalized spacial score (nSPS) is 15.3. The minimum absolute atomic E-state index is 0.253. The number of nitrogens with zero attached hydrogens (tertiary/aromatic N) is 4. The largest absolute Gasteiger partial charge is 0.351 e. The molecule has 1 fully saturated rings. The van der Waals surface area contributed by atoms with Crippen LogP contribution >= 0.6 is 15.9 Å². The number of anilines is 1. The van der Waals surface area contributed by atoms with Crippen molar-refractivity contribution in [2.24, 2.45) is 0 Å². The average Bonchev–Trinajstić information content (AvgIpc) is 2.93. The molecule has 7 heteroatoms. The third-order valence-corrected chi connectivity index (χ3v) is 4.76. The van der Waals surface area contributed by atoms with Crippen molar-refractivity contribution in [3.8, 4) is 11.3 Å². The third kappa shape index (κ3) is 2.60. The van der Waals surface area contributed by atoms with Crippen molar-refractivity contribution >= 4 is 27.4 Å². The van der Waals surface area contributed by atoms with Crippen LogP contribution in [0.5, 0.6) is 0 Å². The first kappa shape index (κ1) is 14.6. The summed E-state index contributed by atoms with van der Waals surface area (Å²) in [5.74, 6) is 0.625. The molecule has 3 heterocycles. The Labute approximate surface area is 141 Å². The van der Waals surface area contributed by atoms with Gasteiger partial charge in [-0.15, -0.1) is 0 Å². The molecule has 23 heavy (non-hydrogen) atoms. The summed E-state index contributed by atoms with van der Waals surface area (Å²) in [6, 6.07) is 6.36. The predicted octanol–water partition coefficient (Wildman–Crippen LogP) is 2.71. The van der Waals surface area contributed by atoms with Crippen LogP contribution in [0.25, 0.3) is 16.9 Å². The molecule has 0 amide bonds. The second-order valence-corrected chi connectivity index (χ2v) is 6.19. The average molecular weight is 376 g/mol. The van der Waals surface area contributed by atoms with Gasteiger partial charge in [0.15, 0.2) is 11.5 Å². The number of imidazole rings is 1. The van der Waals surface area contributed by atoms with Gasteiger partial charge in [0.2, 0.25) is 0 Å². The summed E-state index contributed by atoms with van der Waals surface area (Å²) in [6.45, 7) is 3.69. The first-order valence-electron chi connectivity index (χ1n) is 7.48. The lowest BCUT2D eigenvalue weighted by Crippen LogP contribution is -2.44. The summed E-state index contributed by atoms with van der Waals surface area (Å²) in [6.07, 6.45) is 3.66. The lowest BCUT2D eigenvalue weighted by atomic mass is 10.2. The standard InChI is InChI=1S/C16H15BrFN5/c17-14-13(11-1-3-12(18)4-2-11)21-16-15(20-7-10-23(14)16)22-8-5-19-6-9-22/h1-4,7,10,19H,5-6,8-9H2. The van der Waals surface area contributed by atoms with E-state index in [1.165, 1.54) is 12.1 Å². The van der Waals surface area contributed by atoms with E-state index in [1.54, 1.807) is 18.3 Å². The molecule has 4 rings (SSSR count). The quantitative estimate of drug-likeness (QED) is 0.747. The molecule has 0 bridgehead atoms. The number of hydrogen-bond acceptors (Lipinski definition) is 4. The molecule has 118 valence electrons. The summed E-state index contributed by atoms with van der Waals surface area (Å²) < 4.78 is 16.0. The van der Waals surface area contributed by atoms with Crippen LogP contribution in [-0.4, -0.2) is 40.5 Å². The van der Waals surface area contributed by atoms with Gasteiger partial charge in [0.25, 0.3) is 0 Å². The zero-order valence-electron chi connectivity index (χ0n) is 12.3. The number of hydrogen-bond donors (Lipinski definition) is 1. The fraction of sp³-hybridized carbons (Fsp3) is 0.250. The number of aromatic nitrogens is 3. The van der Waals surface area contributed by atoms with Crippen molar-refractivity contribution in [1.29, 1.82) is 0 Å². The van der Waals surface area contributed by atoms with E-state index >= 15 is 0 Å². The zero-order chi connectivity index (χ0) is 15.8. The van der Waals surface area contributed by atoms with E-state index in [0.717, 1.165) is 53.5 Å². The second kappa shape index (κ2) is 5.90. The van der Waals surface area contributed by atoms with E-state index in [9.17, 15) is 4.39 Å². The monoisotopic (exact) mass is 375 g/mol. The van der Waals surface area contributed by atoms with Gasteiger partial charge < -0.3 is 10.2 Å². The summed E-state index contributed by atoms with van der Waals surface area (Å²) in [4.78, 5) is 11.5. The van der Waals surface area contributed by atoms with Gasteiger partial charge in [-0.2, -0.15) is 0 Å². The fourth-order valence-corrected chi connectivity index (χ4v) is 3.43. The van der Waals surface area contributed by atoms with Gasteiger partial charge in [-0.3, -0.25) is 4.40 Å². The number of fused-ring (bicyclic) bond motifs is 1. The molecule has 1 aromatic carbocycles. The van der Waals surface area contributed by atoms with E-state index in [2.05, 4.69) is 31.1 Å². The molecule has 1 aliphatic heterocycles. The predicted molar refractivity (Wildman–Crippen MR) is 91.2 cm³/mol. The molecule has 5 nitrogen and oxygen atoms in total. The Kier molecular flexibility index (Phi) is 3.74. The van der Waals surface area contributed by atoms with Crippen molar-refractivity contribution in [3.05, 3.63) is 47.1 Å². The molecule has 3 aromatic rings. The van der Waals surface area contributed by atoms with Crippen LogP contribution < -0.4 is 10.2 Å². The second-order valence-electron chi connectivity index (χ2n) is 5.44. The lowest BCUT2D eigenvalue weighted by molar-refractivity contribution is 0.585. The maximum Gasteiger partial charge on any atom is 0.181 e. The highest BCUT2D eigenvalue weighted by Crippen LogP contribution is 2.31. The Balaban J connectivity index is 1.85. The number of nitrogens with one attached hydrogen (secondary N) is 1. The van der Waals surface area contributed by atoms with Crippen LogP contribution in [0.2, 0.25) is 0 Å². The molecule has 1 saturated heterocycles. The zero-order valence-corrected chi connectivity index (χ0v) is 13.9. The smallest absolute Gasteiger partial charge is 0.181 e. The summed E-state index contributed by atoms with van der Waals surface area (Å²) in [5.41, 5.74) is 2.46. The first-order valence-corrected chi connectivity index (χ1v) is 8.27. The molecule has 2 aromatic heterocycles. The Morgan fingerprint density at radius 3 is 2.61 bits per heavy atom. The van der Waals surface area contributed by atoms with Crippen molar-refractivity contribution in [3.63, 3.8) is 0 Å². The topological polar surface area (TPSA) is 45.5 Å². The number of halogens is 2. The lowest BCUT2D eigenvalue weighted by Gasteiger charge is -2.28. The van der Waals surface area contributed by atoms with Crippen LogP contribution in [0.4, 0.5) is 10.2 Å². The van der Waals surface area contributed by atoms with E-state index in [1.807, 2.05) is 10.6 Å². The van der Waals surface area contributed by atoms with Crippen LogP contribution in [-0.2, 0) is 0 Å². The van der Waals surface area contributed by atoms with Crippen LogP contribution in [0.3, 0.4) is 0 Å². The van der Waals surface area contributed by atoms with Gasteiger partial charge in [0.05, 0.1) is 0 Å². The maximum absolute atomic E-state index is 13.2. The van der Waals surface area contributed by atoms with E-state index < -0.39 is 0 Å². The Morgan fingerprint density at radius 2 is 1.87 bits per heavy atom. The molecular weight excluding hydrogens is 361 g/mol. The van der Waals surface area contributed by atoms with Crippen LogP contribution in [0.1, 0.15) is 0 Å². The summed E-state index contributed by atoms with van der Waals surface area (Å²) >= 11 is 3.61. The molecule has 0 aliphatic carbocycles. The highest BCUT2D eigenvalue weighted by molar-refractivity contribution is 9.10. The van der Waals surface area contributed by atoms with E-state index in [0.29, 0.717) is 0 Å². The maximum atomic E-state index is 13.2. The van der Waals surface area contributed by atoms with Crippen molar-refractivity contribution in [2.75, 3.05) is 31.1 Å². The molecule has 0 radical (unpaired) electrons. The van der Waals surface area contributed by atoms with Crippen molar-refractivity contribution in [1.82, 2.24) is 19.7 Å². The fourth-order valence-electron chi connectivity index (χ4n) is 2.83. The number of piperazine rings is 1. The molecule has 0 spiro atoms. The van der Waals surface area contributed by atoms with Gasteiger partial charge in [0.1, 0.15) is 16.1 Å². The van der Waals surface area contributed by atoms with Crippen LogP contribution in [0, 0.1) is 5.82 Å². The molecule has 1 aliphatic rings. The van der Waals surface area contributed by atoms with Gasteiger partial charge >= 0.3 is 0 Å². The SMILES string of the molecule is Fc1ccc(-c2nc3c(N4CCNCC4)nccn3c2Br)cc1. The van der Waals surface area contributed by atoms with Crippen LogP contribution in [0.15, 0.2) is 41.3 Å². The molecule has 1 N–H and O–H groups in total. The van der Waals surface area contributed by atoms with Crippen molar-refractivity contribution < 1.29 is 4.39 Å². The van der Waals surface area contributed by atoms with Gasteiger partial charge in [-0.1, -0.05) is 0 Å². The molecule has 0 unspecified atom stereocenters. The summed E-state index contributed by atoms with van der Waals surface area (Å²) in [5, 5.41) is 3.34. The first-order chi connectivity index (χ1) is 11.2. The number of rotatable bonds is 2. The Hall–Kier alpha value is -1.99. The highest BCUT2D eigenvalue weighted by atomic mass is 79.9. The minimum Gasteiger partial charge on any atom is -0.351 e. The van der Waals surface area contributed by atoms with Gasteiger partial charge in [-0.05, 0) is 40.2 Å². The number of benzene rings is 1. The van der Waals surface area contributed by atoms with E-state index in [-0.39, 0.29) is 5.82 Å². The Morgan fingerprint density at radius 1 is 1.13 bits per heavy atom. The summed E-state index contributed by atoms with van der Waals surface area (Å²) in [7, 11) is 0. The van der Waals surface area contributed by atoms with Gasteiger partial charge in [0, 0.05) is 44.1 Å². The molecule has 0 atom stereocenters. The van der Waals surface area contributed by atoms with Crippen molar-refractivity contribution in [2.45, 2.75) is 0 Å². The third-order valence-electron chi connectivity index (χ3n) is 4.00.